The van der Waals surface area contributed by atoms with Gasteiger partial charge in [0.1, 0.15) is 0 Å². The number of hydrogen-bond donors (Lipinski definition) is 1. The second kappa shape index (κ2) is 8.77. The van der Waals surface area contributed by atoms with Crippen molar-refractivity contribution in [1.29, 1.82) is 0 Å². The number of carbonyl (C=O) groups excluding carboxylic acids is 2. The highest BCUT2D eigenvalue weighted by Crippen LogP contribution is 2.38. The second-order valence-corrected chi connectivity index (χ2v) is 8.04. The number of aromatic nitrogens is 1. The van der Waals surface area contributed by atoms with Crippen LogP contribution in [0, 0.1) is 13.8 Å². The van der Waals surface area contributed by atoms with Gasteiger partial charge in [0.05, 0.1) is 0 Å². The van der Waals surface area contributed by atoms with Crippen molar-refractivity contribution >= 4 is 18.0 Å². The lowest BCUT2D eigenvalue weighted by atomic mass is 10.1. The van der Waals surface area contributed by atoms with E-state index >= 15 is 0 Å². The van der Waals surface area contributed by atoms with Gasteiger partial charge in [0.15, 0.2) is 6.10 Å². The molecule has 1 atom stereocenters. The van der Waals surface area contributed by atoms with Crippen LogP contribution >= 0.6 is 0 Å². The molecule has 0 aliphatic heterocycles. The van der Waals surface area contributed by atoms with Crippen LogP contribution in [0.4, 0.5) is 0 Å². The van der Waals surface area contributed by atoms with Gasteiger partial charge in [-0.3, -0.25) is 4.79 Å². The van der Waals surface area contributed by atoms with E-state index in [0.29, 0.717) is 6.04 Å². The van der Waals surface area contributed by atoms with Crippen molar-refractivity contribution in [1.82, 2.24) is 9.88 Å². The average molecular weight is 373 g/mol. The van der Waals surface area contributed by atoms with Gasteiger partial charge in [-0.1, -0.05) is 25.7 Å². The fraction of sp³-hybridized carbons (Fsp3) is 0.636. The molecule has 0 radical (unpaired) electrons. The van der Waals surface area contributed by atoms with E-state index in [-0.39, 0.29) is 11.9 Å². The van der Waals surface area contributed by atoms with Crippen molar-refractivity contribution in [2.75, 3.05) is 0 Å². The molecule has 3 rings (SSSR count). The van der Waals surface area contributed by atoms with E-state index in [2.05, 4.69) is 29.8 Å². The molecule has 0 unspecified atom stereocenters. The number of nitrogens with one attached hydrogen (secondary N) is 1. The zero-order chi connectivity index (χ0) is 19.4. The molecule has 1 aromatic rings. The van der Waals surface area contributed by atoms with Crippen LogP contribution in [0.5, 0.6) is 0 Å². The zero-order valence-electron chi connectivity index (χ0n) is 16.8. The molecule has 2 saturated carbocycles. The highest BCUT2D eigenvalue weighted by Gasteiger charge is 2.26. The number of hydrogen-bond acceptors (Lipinski definition) is 3. The Morgan fingerprint density at radius 1 is 1.15 bits per heavy atom. The standard InChI is InChI=1S/C22H32N2O3/c1-15-14-18(16(2)24(15)20-11-12-20)10-13-21(25)27-17(3)22(26)23-19-8-6-4-5-7-9-19/h10,13-14,17,19-20H,4-9,11-12H2,1-3H3,(H,23,26)/b13-10+/t17-/m0/s1. The Morgan fingerprint density at radius 2 is 1.81 bits per heavy atom. The number of esters is 1. The first kappa shape index (κ1) is 19.7. The fourth-order valence-corrected chi connectivity index (χ4v) is 4.03. The summed E-state index contributed by atoms with van der Waals surface area (Å²) in [4.78, 5) is 24.4. The number of carbonyl (C=O) groups is 2. The van der Waals surface area contributed by atoms with E-state index in [1.165, 1.54) is 43.1 Å². The lowest BCUT2D eigenvalue weighted by molar-refractivity contribution is -0.150. The van der Waals surface area contributed by atoms with Crippen molar-refractivity contribution in [3.63, 3.8) is 0 Å². The Bertz CT molecular complexity index is 707. The van der Waals surface area contributed by atoms with Gasteiger partial charge in [0, 0.05) is 29.5 Å². The molecule has 0 saturated heterocycles. The van der Waals surface area contributed by atoms with Crippen LogP contribution in [-0.2, 0) is 14.3 Å². The molecule has 0 bridgehead atoms. The lowest BCUT2D eigenvalue weighted by Crippen LogP contribution is -2.41. The molecule has 148 valence electrons. The van der Waals surface area contributed by atoms with Gasteiger partial charge in [0.25, 0.3) is 5.91 Å². The summed E-state index contributed by atoms with van der Waals surface area (Å²) < 4.78 is 7.64. The first-order valence-corrected chi connectivity index (χ1v) is 10.3. The Balaban J connectivity index is 1.51. The maximum Gasteiger partial charge on any atom is 0.331 e. The first-order chi connectivity index (χ1) is 13.0. The summed E-state index contributed by atoms with van der Waals surface area (Å²) in [7, 11) is 0. The zero-order valence-corrected chi connectivity index (χ0v) is 16.8. The van der Waals surface area contributed by atoms with E-state index in [9.17, 15) is 9.59 Å². The smallest absolute Gasteiger partial charge is 0.331 e. The maximum atomic E-state index is 12.3. The molecule has 1 heterocycles. The van der Waals surface area contributed by atoms with Gasteiger partial charge in [-0.25, -0.2) is 4.79 Å². The molecule has 1 aromatic heterocycles. The van der Waals surface area contributed by atoms with Crippen LogP contribution in [0.15, 0.2) is 12.1 Å². The van der Waals surface area contributed by atoms with E-state index < -0.39 is 12.1 Å². The van der Waals surface area contributed by atoms with E-state index in [1.54, 1.807) is 13.0 Å². The second-order valence-electron chi connectivity index (χ2n) is 8.04. The quantitative estimate of drug-likeness (QED) is 0.462. The number of rotatable bonds is 6. The Hall–Kier alpha value is -2.04. The van der Waals surface area contributed by atoms with Crippen molar-refractivity contribution in [3.8, 4) is 0 Å². The topological polar surface area (TPSA) is 60.3 Å². The van der Waals surface area contributed by atoms with E-state index in [1.807, 2.05) is 0 Å². The molecule has 1 N–H and O–H groups in total. The third kappa shape index (κ3) is 5.24. The molecule has 2 aliphatic rings. The van der Waals surface area contributed by atoms with Crippen LogP contribution < -0.4 is 5.32 Å². The maximum absolute atomic E-state index is 12.3. The van der Waals surface area contributed by atoms with Crippen LogP contribution in [0.3, 0.4) is 0 Å². The minimum Gasteiger partial charge on any atom is -0.449 e. The molecular weight excluding hydrogens is 340 g/mol. The summed E-state index contributed by atoms with van der Waals surface area (Å²) in [5.74, 6) is -0.676. The highest BCUT2D eigenvalue weighted by molar-refractivity contribution is 5.90. The monoisotopic (exact) mass is 372 g/mol. The summed E-state index contributed by atoms with van der Waals surface area (Å²) in [6.07, 6.45) is 11.7. The summed E-state index contributed by atoms with van der Waals surface area (Å²) in [6.45, 7) is 5.82. The highest BCUT2D eigenvalue weighted by atomic mass is 16.5. The van der Waals surface area contributed by atoms with Gasteiger partial charge in [-0.2, -0.15) is 0 Å². The molecular formula is C22H32N2O3. The number of amides is 1. The van der Waals surface area contributed by atoms with Crippen LogP contribution in [-0.4, -0.2) is 28.6 Å². The minimum absolute atomic E-state index is 0.199. The van der Waals surface area contributed by atoms with Crippen LogP contribution in [0.2, 0.25) is 0 Å². The summed E-state index contributed by atoms with van der Waals surface area (Å²) >= 11 is 0. The van der Waals surface area contributed by atoms with Crippen molar-refractivity contribution in [2.45, 2.75) is 90.3 Å². The molecule has 0 aromatic carbocycles. The molecule has 27 heavy (non-hydrogen) atoms. The van der Waals surface area contributed by atoms with Gasteiger partial charge >= 0.3 is 5.97 Å². The van der Waals surface area contributed by atoms with Gasteiger partial charge in [0.2, 0.25) is 0 Å². The summed E-state index contributed by atoms with van der Waals surface area (Å²) in [6, 6.07) is 2.93. The van der Waals surface area contributed by atoms with Crippen molar-refractivity contribution < 1.29 is 14.3 Å². The van der Waals surface area contributed by atoms with Crippen molar-refractivity contribution in [3.05, 3.63) is 29.1 Å². The van der Waals surface area contributed by atoms with E-state index in [4.69, 9.17) is 4.74 Å². The molecule has 0 spiro atoms. The Kier molecular flexibility index (Phi) is 6.40. The molecule has 1 amide bonds. The number of ether oxygens (including phenoxy) is 1. The summed E-state index contributed by atoms with van der Waals surface area (Å²) in [5.41, 5.74) is 3.43. The fourth-order valence-electron chi connectivity index (χ4n) is 4.03. The predicted octanol–water partition coefficient (Wildman–Crippen LogP) is 4.22. The van der Waals surface area contributed by atoms with Gasteiger partial charge in [-0.15, -0.1) is 0 Å². The number of aryl methyl sites for hydroxylation is 1. The molecule has 2 aliphatic carbocycles. The minimum atomic E-state index is -0.774. The van der Waals surface area contributed by atoms with Crippen LogP contribution in [0.25, 0.3) is 6.08 Å². The lowest BCUT2D eigenvalue weighted by Gasteiger charge is -2.19. The third-order valence-corrected chi connectivity index (χ3v) is 5.70. The normalized spacial score (nSPS) is 19.7. The number of nitrogens with zero attached hydrogens (tertiary/aromatic N) is 1. The largest absolute Gasteiger partial charge is 0.449 e. The molecule has 5 heteroatoms. The van der Waals surface area contributed by atoms with Crippen LogP contribution in [0.1, 0.15) is 81.3 Å². The van der Waals surface area contributed by atoms with Gasteiger partial charge < -0.3 is 14.6 Å². The van der Waals surface area contributed by atoms with E-state index in [0.717, 1.165) is 31.2 Å². The molecule has 2 fully saturated rings. The summed E-state index contributed by atoms with van der Waals surface area (Å²) in [5, 5.41) is 3.03. The SMILES string of the molecule is Cc1cc(/C=C/C(=O)O[C@@H](C)C(=O)NC2CCCCCC2)c(C)n1C1CC1. The Labute approximate surface area is 162 Å². The average Bonchev–Trinajstić information content (AvgIpc) is 3.43. The third-order valence-electron chi connectivity index (χ3n) is 5.70. The van der Waals surface area contributed by atoms with Gasteiger partial charge in [-0.05, 0) is 64.2 Å². The Morgan fingerprint density at radius 3 is 2.44 bits per heavy atom. The predicted molar refractivity (Wildman–Crippen MR) is 106 cm³/mol. The first-order valence-electron chi connectivity index (χ1n) is 10.3. The molecule has 5 nitrogen and oxygen atoms in total. The van der Waals surface area contributed by atoms with Crippen molar-refractivity contribution in [2.24, 2.45) is 0 Å².